The van der Waals surface area contributed by atoms with Crippen LogP contribution in [0.1, 0.15) is 35.8 Å². The molecule has 174 valence electrons. The quantitative estimate of drug-likeness (QED) is 0.600. The summed E-state index contributed by atoms with van der Waals surface area (Å²) >= 11 is 0. The topological polar surface area (TPSA) is 84.3 Å². The third-order valence-electron chi connectivity index (χ3n) is 6.09. The Morgan fingerprint density at radius 2 is 1.73 bits per heavy atom. The van der Waals surface area contributed by atoms with Crippen molar-refractivity contribution in [2.24, 2.45) is 13.0 Å². The van der Waals surface area contributed by atoms with Crippen molar-refractivity contribution in [3.63, 3.8) is 0 Å². The minimum atomic E-state index is -3.59. The first kappa shape index (κ1) is 23.1. The van der Waals surface area contributed by atoms with Crippen LogP contribution in [0.2, 0.25) is 0 Å². The van der Waals surface area contributed by atoms with Gasteiger partial charge in [0.05, 0.1) is 4.90 Å². The van der Waals surface area contributed by atoms with Crippen LogP contribution in [0.15, 0.2) is 65.8 Å². The number of rotatable bonds is 6. The zero-order valence-corrected chi connectivity index (χ0v) is 19.4. The molecular weight excluding hydrogens is 443 g/mol. The lowest BCUT2D eigenvalue weighted by Gasteiger charge is -2.31. The van der Waals surface area contributed by atoms with Gasteiger partial charge in [-0.2, -0.15) is 4.31 Å². The molecule has 3 aromatic rings. The Labute approximate surface area is 193 Å². The predicted octanol–water partition coefficient (Wildman–Crippen LogP) is 3.17. The third kappa shape index (κ3) is 4.99. The number of imidazole rings is 1. The maximum atomic E-state index is 13.4. The average molecular weight is 471 g/mol. The minimum Gasteiger partial charge on any atom is -0.342 e. The van der Waals surface area contributed by atoms with Crippen LogP contribution in [0.25, 0.3) is 0 Å². The Balaban J connectivity index is 1.45. The fourth-order valence-electron chi connectivity index (χ4n) is 4.09. The fraction of sp³-hybridized carbons (Fsp3) is 0.333. The summed E-state index contributed by atoms with van der Waals surface area (Å²) in [7, 11) is -1.75. The first-order valence-corrected chi connectivity index (χ1v) is 12.3. The molecule has 0 aliphatic carbocycles. The summed E-state index contributed by atoms with van der Waals surface area (Å²) < 4.78 is 42.6. The van der Waals surface area contributed by atoms with E-state index < -0.39 is 16.1 Å². The van der Waals surface area contributed by atoms with Gasteiger partial charge < -0.3 is 9.88 Å². The summed E-state index contributed by atoms with van der Waals surface area (Å²) in [5.41, 5.74) is 1.71. The van der Waals surface area contributed by atoms with Crippen LogP contribution in [0, 0.1) is 18.7 Å². The van der Waals surface area contributed by atoms with Crippen molar-refractivity contribution in [2.45, 2.75) is 30.7 Å². The van der Waals surface area contributed by atoms with Gasteiger partial charge in [0, 0.05) is 38.4 Å². The molecule has 1 aliphatic rings. The molecule has 0 radical (unpaired) electrons. The Hall–Kier alpha value is -3.04. The van der Waals surface area contributed by atoms with Crippen molar-refractivity contribution >= 4 is 15.9 Å². The number of sulfonamides is 1. The number of benzene rings is 2. The van der Waals surface area contributed by atoms with Crippen molar-refractivity contribution in [3.8, 4) is 0 Å². The van der Waals surface area contributed by atoms with E-state index in [9.17, 15) is 17.6 Å². The molecule has 33 heavy (non-hydrogen) atoms. The second kappa shape index (κ2) is 9.44. The highest BCUT2D eigenvalue weighted by Crippen LogP contribution is 2.26. The van der Waals surface area contributed by atoms with Gasteiger partial charge in [0.2, 0.25) is 15.9 Å². The van der Waals surface area contributed by atoms with Crippen molar-refractivity contribution in [3.05, 3.63) is 83.7 Å². The molecule has 2 heterocycles. The summed E-state index contributed by atoms with van der Waals surface area (Å²) in [5, 5.41) is 3.04. The van der Waals surface area contributed by atoms with Crippen molar-refractivity contribution < 1.29 is 17.6 Å². The van der Waals surface area contributed by atoms with Gasteiger partial charge in [-0.15, -0.1) is 0 Å². The number of carbonyl (C=O) groups excluding carboxylic acids is 1. The molecular formula is C24H27FN4O3S. The molecule has 1 fully saturated rings. The van der Waals surface area contributed by atoms with Crippen molar-refractivity contribution in [1.29, 1.82) is 0 Å². The summed E-state index contributed by atoms with van der Waals surface area (Å²) in [6, 6.07) is 12.2. The molecule has 0 spiro atoms. The number of aromatic nitrogens is 2. The molecule has 7 nitrogen and oxygen atoms in total. The van der Waals surface area contributed by atoms with Gasteiger partial charge in [0.1, 0.15) is 17.7 Å². The van der Waals surface area contributed by atoms with Crippen LogP contribution >= 0.6 is 0 Å². The highest BCUT2D eigenvalue weighted by atomic mass is 32.2. The van der Waals surface area contributed by atoms with Gasteiger partial charge in [0.15, 0.2) is 0 Å². The molecule has 1 amide bonds. The van der Waals surface area contributed by atoms with E-state index in [2.05, 4.69) is 10.3 Å². The van der Waals surface area contributed by atoms with E-state index in [1.165, 1.54) is 16.4 Å². The van der Waals surface area contributed by atoms with Gasteiger partial charge in [-0.3, -0.25) is 4.79 Å². The van der Waals surface area contributed by atoms with Gasteiger partial charge >= 0.3 is 0 Å². The lowest BCUT2D eigenvalue weighted by atomic mass is 9.96. The normalized spacial score (nSPS) is 16.5. The lowest BCUT2D eigenvalue weighted by Crippen LogP contribution is -2.44. The number of halogens is 1. The molecule has 1 saturated heterocycles. The largest absolute Gasteiger partial charge is 0.342 e. The van der Waals surface area contributed by atoms with E-state index in [0.29, 0.717) is 18.7 Å². The number of nitrogens with zero attached hydrogens (tertiary/aromatic N) is 3. The Bertz CT molecular complexity index is 1220. The van der Waals surface area contributed by atoms with Crippen molar-refractivity contribution in [2.75, 3.05) is 13.1 Å². The molecule has 1 aliphatic heterocycles. The number of hydrogen-bond donors (Lipinski definition) is 1. The SMILES string of the molecule is Cc1ccc(S(=O)(=O)N2CCC(C(=O)N[C@H](c3ccc(F)cc3)c3nccn3C)CC2)cc1. The molecule has 1 atom stereocenters. The van der Waals surface area contributed by atoms with E-state index in [4.69, 9.17) is 0 Å². The van der Waals surface area contributed by atoms with Gasteiger partial charge in [-0.1, -0.05) is 29.8 Å². The molecule has 4 rings (SSSR count). The Morgan fingerprint density at radius 1 is 1.09 bits per heavy atom. The number of aryl methyl sites for hydroxylation is 2. The van der Waals surface area contributed by atoms with Crippen LogP contribution in [0.4, 0.5) is 4.39 Å². The van der Waals surface area contributed by atoms with E-state index in [-0.39, 0.29) is 35.6 Å². The number of hydrogen-bond acceptors (Lipinski definition) is 4. The lowest BCUT2D eigenvalue weighted by molar-refractivity contribution is -0.126. The highest BCUT2D eigenvalue weighted by molar-refractivity contribution is 7.89. The molecule has 0 saturated carbocycles. The monoisotopic (exact) mass is 470 g/mol. The third-order valence-corrected chi connectivity index (χ3v) is 8.00. The van der Waals surface area contributed by atoms with Crippen LogP contribution in [0.3, 0.4) is 0 Å². The van der Waals surface area contributed by atoms with Gasteiger partial charge in [-0.25, -0.2) is 17.8 Å². The van der Waals surface area contributed by atoms with Crippen molar-refractivity contribution in [1.82, 2.24) is 19.2 Å². The smallest absolute Gasteiger partial charge is 0.243 e. The number of amides is 1. The predicted molar refractivity (Wildman–Crippen MR) is 122 cm³/mol. The summed E-state index contributed by atoms with van der Waals surface area (Å²) in [4.78, 5) is 17.8. The van der Waals surface area contributed by atoms with Crippen LogP contribution in [-0.2, 0) is 21.9 Å². The molecule has 1 N–H and O–H groups in total. The number of carbonyl (C=O) groups is 1. The first-order chi connectivity index (χ1) is 15.8. The molecule has 1 aromatic heterocycles. The number of piperidine rings is 1. The van der Waals surface area contributed by atoms with Gasteiger partial charge in [-0.05, 0) is 49.6 Å². The maximum Gasteiger partial charge on any atom is 0.243 e. The second-order valence-corrected chi connectivity index (χ2v) is 10.3. The van der Waals surface area contributed by atoms with Crippen LogP contribution in [-0.4, -0.2) is 41.3 Å². The van der Waals surface area contributed by atoms with E-state index in [1.807, 2.05) is 18.5 Å². The second-order valence-electron chi connectivity index (χ2n) is 8.38. The molecule has 0 bridgehead atoms. The van der Waals surface area contributed by atoms with E-state index in [1.54, 1.807) is 48.8 Å². The Kier molecular flexibility index (Phi) is 6.62. The molecule has 9 heteroatoms. The zero-order valence-electron chi connectivity index (χ0n) is 18.6. The number of nitrogens with one attached hydrogen (secondary N) is 1. The fourth-order valence-corrected chi connectivity index (χ4v) is 5.55. The zero-order chi connectivity index (χ0) is 23.6. The standard InChI is InChI=1S/C24H27FN4O3S/c1-17-3-9-21(10-4-17)33(31,32)29-14-11-19(12-15-29)24(30)27-22(23-26-13-16-28(23)2)18-5-7-20(25)8-6-18/h3-10,13,16,19,22H,11-12,14-15H2,1-2H3,(H,27,30)/t22-/m1/s1. The summed E-state index contributed by atoms with van der Waals surface area (Å²) in [6.45, 7) is 2.46. The molecule has 2 aromatic carbocycles. The van der Waals surface area contributed by atoms with Crippen LogP contribution in [0.5, 0.6) is 0 Å². The Morgan fingerprint density at radius 3 is 2.30 bits per heavy atom. The summed E-state index contributed by atoms with van der Waals surface area (Å²) in [5.74, 6) is -0.211. The average Bonchev–Trinajstić information content (AvgIpc) is 3.24. The summed E-state index contributed by atoms with van der Waals surface area (Å²) in [6.07, 6.45) is 4.28. The molecule has 0 unspecified atom stereocenters. The minimum absolute atomic E-state index is 0.167. The maximum absolute atomic E-state index is 13.4. The van der Waals surface area contributed by atoms with E-state index in [0.717, 1.165) is 11.1 Å². The first-order valence-electron chi connectivity index (χ1n) is 10.9. The highest BCUT2D eigenvalue weighted by Gasteiger charge is 2.33. The van der Waals surface area contributed by atoms with Gasteiger partial charge in [0.25, 0.3) is 0 Å². The van der Waals surface area contributed by atoms with E-state index >= 15 is 0 Å². The van der Waals surface area contributed by atoms with Crippen LogP contribution < -0.4 is 5.32 Å².